The van der Waals surface area contributed by atoms with Gasteiger partial charge in [-0.15, -0.1) is 11.3 Å². The zero-order chi connectivity index (χ0) is 12.3. The van der Waals surface area contributed by atoms with Crippen molar-refractivity contribution in [3.8, 4) is 0 Å². The van der Waals surface area contributed by atoms with Crippen LogP contribution in [0.15, 0.2) is 11.4 Å². The van der Waals surface area contributed by atoms with E-state index in [4.69, 9.17) is 5.11 Å². The number of hydrogen-bond acceptors (Lipinski definition) is 3. The van der Waals surface area contributed by atoms with Gasteiger partial charge in [0.05, 0.1) is 0 Å². The Balaban J connectivity index is 1.79. The van der Waals surface area contributed by atoms with Crippen LogP contribution < -0.4 is 0 Å². The molecular formula is C13H19NO2S. The van der Waals surface area contributed by atoms with Gasteiger partial charge in [-0.2, -0.15) is 0 Å². The van der Waals surface area contributed by atoms with Crippen molar-refractivity contribution in [2.45, 2.75) is 32.7 Å². The number of rotatable bonds is 4. The normalized spacial score (nSPS) is 18.4. The Kier molecular flexibility index (Phi) is 4.18. The van der Waals surface area contributed by atoms with Crippen molar-refractivity contribution in [1.82, 2.24) is 4.90 Å². The first kappa shape index (κ1) is 12.6. The lowest BCUT2D eigenvalue weighted by atomic mass is 9.93. The topological polar surface area (TPSA) is 40.5 Å². The third-order valence-corrected chi connectivity index (χ3v) is 4.51. The van der Waals surface area contributed by atoms with Crippen LogP contribution in [0.3, 0.4) is 0 Å². The summed E-state index contributed by atoms with van der Waals surface area (Å²) in [6.07, 6.45) is 2.39. The Morgan fingerprint density at radius 1 is 1.53 bits per heavy atom. The summed E-state index contributed by atoms with van der Waals surface area (Å²) < 4.78 is 0. The minimum absolute atomic E-state index is 0.339. The number of carboxylic acids is 1. The molecule has 0 radical (unpaired) electrons. The van der Waals surface area contributed by atoms with E-state index >= 15 is 0 Å². The molecule has 1 aliphatic rings. The molecule has 1 aliphatic heterocycles. The fourth-order valence-corrected chi connectivity index (χ4v) is 3.31. The minimum Gasteiger partial charge on any atom is -0.481 e. The van der Waals surface area contributed by atoms with Gasteiger partial charge in [0.1, 0.15) is 0 Å². The number of piperidine rings is 1. The maximum Gasteiger partial charge on any atom is 0.303 e. The molecular weight excluding hydrogens is 234 g/mol. The Morgan fingerprint density at radius 2 is 2.24 bits per heavy atom. The van der Waals surface area contributed by atoms with Crippen LogP contribution in [0.5, 0.6) is 0 Å². The van der Waals surface area contributed by atoms with Gasteiger partial charge >= 0.3 is 5.97 Å². The van der Waals surface area contributed by atoms with Gasteiger partial charge in [-0.25, -0.2) is 0 Å². The monoisotopic (exact) mass is 253 g/mol. The first-order valence-electron chi connectivity index (χ1n) is 6.12. The van der Waals surface area contributed by atoms with E-state index < -0.39 is 5.97 Å². The average molecular weight is 253 g/mol. The van der Waals surface area contributed by atoms with Crippen molar-refractivity contribution in [3.63, 3.8) is 0 Å². The van der Waals surface area contributed by atoms with Crippen molar-refractivity contribution in [3.05, 3.63) is 21.9 Å². The second kappa shape index (κ2) is 5.65. The molecule has 1 aromatic rings. The van der Waals surface area contributed by atoms with Crippen LogP contribution in [0.25, 0.3) is 0 Å². The van der Waals surface area contributed by atoms with E-state index in [9.17, 15) is 4.79 Å². The number of carbonyl (C=O) groups is 1. The van der Waals surface area contributed by atoms with E-state index in [2.05, 4.69) is 23.3 Å². The smallest absolute Gasteiger partial charge is 0.303 e. The molecule has 3 nitrogen and oxygen atoms in total. The molecule has 0 aromatic carbocycles. The van der Waals surface area contributed by atoms with Crippen LogP contribution in [0.1, 0.15) is 29.7 Å². The molecule has 1 saturated heterocycles. The molecule has 1 N–H and O–H groups in total. The number of nitrogens with zero attached hydrogens (tertiary/aromatic N) is 1. The van der Waals surface area contributed by atoms with Crippen molar-refractivity contribution in [1.29, 1.82) is 0 Å². The second-order valence-electron chi connectivity index (χ2n) is 4.84. The van der Waals surface area contributed by atoms with Crippen LogP contribution in [-0.4, -0.2) is 29.1 Å². The van der Waals surface area contributed by atoms with Crippen LogP contribution in [0.4, 0.5) is 0 Å². The third-order valence-electron chi connectivity index (χ3n) is 3.51. The zero-order valence-electron chi connectivity index (χ0n) is 10.2. The minimum atomic E-state index is -0.655. The standard InChI is InChI=1S/C13H19NO2S/c1-10-4-7-17-12(10)9-14-5-2-11(3-6-14)8-13(15)16/h4,7,11H,2-3,5-6,8-9H2,1H3,(H,15,16). The molecule has 1 fully saturated rings. The highest BCUT2D eigenvalue weighted by molar-refractivity contribution is 7.10. The first-order chi connectivity index (χ1) is 8.15. The van der Waals surface area contributed by atoms with E-state index in [-0.39, 0.29) is 0 Å². The highest BCUT2D eigenvalue weighted by Gasteiger charge is 2.21. The van der Waals surface area contributed by atoms with Gasteiger partial charge in [-0.3, -0.25) is 9.69 Å². The van der Waals surface area contributed by atoms with Gasteiger partial charge < -0.3 is 5.11 Å². The SMILES string of the molecule is Cc1ccsc1CN1CCC(CC(=O)O)CC1. The van der Waals surface area contributed by atoms with E-state index in [1.54, 1.807) is 0 Å². The van der Waals surface area contributed by atoms with Crippen LogP contribution in [0.2, 0.25) is 0 Å². The van der Waals surface area contributed by atoms with Crippen LogP contribution >= 0.6 is 11.3 Å². The summed E-state index contributed by atoms with van der Waals surface area (Å²) in [5, 5.41) is 10.9. The summed E-state index contributed by atoms with van der Waals surface area (Å²) >= 11 is 1.82. The maximum atomic E-state index is 10.6. The van der Waals surface area contributed by atoms with Crippen molar-refractivity contribution in [2.75, 3.05) is 13.1 Å². The van der Waals surface area contributed by atoms with E-state index in [1.165, 1.54) is 10.4 Å². The molecule has 17 heavy (non-hydrogen) atoms. The van der Waals surface area contributed by atoms with Crippen molar-refractivity contribution in [2.24, 2.45) is 5.92 Å². The summed E-state index contributed by atoms with van der Waals surface area (Å²) in [6.45, 7) is 5.26. The average Bonchev–Trinajstić information content (AvgIpc) is 2.67. The summed E-state index contributed by atoms with van der Waals surface area (Å²) in [7, 11) is 0. The van der Waals surface area contributed by atoms with Gasteiger partial charge in [-0.1, -0.05) is 0 Å². The maximum absolute atomic E-state index is 10.6. The van der Waals surface area contributed by atoms with E-state index in [0.717, 1.165) is 32.5 Å². The lowest BCUT2D eigenvalue weighted by Crippen LogP contribution is -2.33. The predicted molar refractivity (Wildman–Crippen MR) is 69.3 cm³/mol. The second-order valence-corrected chi connectivity index (χ2v) is 5.84. The summed E-state index contributed by atoms with van der Waals surface area (Å²) in [4.78, 5) is 14.5. The Labute approximate surface area is 106 Å². The lowest BCUT2D eigenvalue weighted by Gasteiger charge is -2.31. The molecule has 0 atom stereocenters. The van der Waals surface area contributed by atoms with Gasteiger partial charge in [-0.05, 0) is 55.8 Å². The predicted octanol–water partition coefficient (Wildman–Crippen LogP) is 2.74. The quantitative estimate of drug-likeness (QED) is 0.897. The number of hydrogen-bond donors (Lipinski definition) is 1. The van der Waals surface area contributed by atoms with Gasteiger partial charge in [0.2, 0.25) is 0 Å². The third kappa shape index (κ3) is 3.54. The van der Waals surface area contributed by atoms with Crippen molar-refractivity contribution < 1.29 is 9.90 Å². The molecule has 4 heteroatoms. The summed E-state index contributed by atoms with van der Waals surface area (Å²) in [6, 6.07) is 2.16. The lowest BCUT2D eigenvalue weighted by molar-refractivity contribution is -0.138. The highest BCUT2D eigenvalue weighted by atomic mass is 32.1. The molecule has 0 amide bonds. The fraction of sp³-hybridized carbons (Fsp3) is 0.615. The Hall–Kier alpha value is -0.870. The number of aliphatic carboxylic acids is 1. The van der Waals surface area contributed by atoms with Gasteiger partial charge in [0.15, 0.2) is 0 Å². The molecule has 0 unspecified atom stereocenters. The molecule has 0 saturated carbocycles. The first-order valence-corrected chi connectivity index (χ1v) is 7.00. The van der Waals surface area contributed by atoms with Crippen molar-refractivity contribution >= 4 is 17.3 Å². The zero-order valence-corrected chi connectivity index (χ0v) is 11.0. The molecule has 2 rings (SSSR count). The highest BCUT2D eigenvalue weighted by Crippen LogP contribution is 2.24. The number of aryl methyl sites for hydroxylation is 1. The molecule has 0 spiro atoms. The molecule has 0 bridgehead atoms. The van der Waals surface area contributed by atoms with Crippen LogP contribution in [-0.2, 0) is 11.3 Å². The molecule has 2 heterocycles. The molecule has 94 valence electrons. The molecule has 1 aromatic heterocycles. The summed E-state index contributed by atoms with van der Waals surface area (Å²) in [5.41, 5.74) is 1.38. The summed E-state index contributed by atoms with van der Waals surface area (Å²) in [5.74, 6) is -0.272. The number of thiophene rings is 1. The van der Waals surface area contributed by atoms with E-state index in [1.807, 2.05) is 11.3 Å². The Bertz CT molecular complexity index is 381. The van der Waals surface area contributed by atoms with E-state index in [0.29, 0.717) is 12.3 Å². The van der Waals surface area contributed by atoms with Crippen LogP contribution in [0, 0.1) is 12.8 Å². The molecule has 0 aliphatic carbocycles. The van der Waals surface area contributed by atoms with Gasteiger partial charge in [0.25, 0.3) is 0 Å². The Morgan fingerprint density at radius 3 is 2.76 bits per heavy atom. The number of likely N-dealkylation sites (tertiary alicyclic amines) is 1. The van der Waals surface area contributed by atoms with Gasteiger partial charge in [0, 0.05) is 17.8 Å². The fourth-order valence-electron chi connectivity index (χ4n) is 2.36. The number of carboxylic acid groups (broad SMARTS) is 1. The largest absolute Gasteiger partial charge is 0.481 e.